The van der Waals surface area contributed by atoms with Crippen LogP contribution >= 0.6 is 0 Å². The van der Waals surface area contributed by atoms with E-state index in [0.717, 1.165) is 17.0 Å². The number of anilines is 1. The third-order valence-electron chi connectivity index (χ3n) is 4.54. The molecule has 20 heavy (non-hydrogen) atoms. The summed E-state index contributed by atoms with van der Waals surface area (Å²) in [4.78, 5) is 0. The van der Waals surface area contributed by atoms with Crippen molar-refractivity contribution in [2.75, 3.05) is 5.32 Å². The summed E-state index contributed by atoms with van der Waals surface area (Å²) in [6.07, 6.45) is 4.30. The van der Waals surface area contributed by atoms with Gasteiger partial charge in [0.15, 0.2) is 0 Å². The second-order valence-electron chi connectivity index (χ2n) is 6.00. The van der Waals surface area contributed by atoms with Gasteiger partial charge in [0.2, 0.25) is 5.72 Å². The van der Waals surface area contributed by atoms with Crippen molar-refractivity contribution in [3.05, 3.63) is 65.7 Å². The molecule has 2 aromatic rings. The lowest BCUT2D eigenvalue weighted by molar-refractivity contribution is 0.0823. The molecule has 2 aliphatic rings. The monoisotopic (exact) mass is 263 g/mol. The number of benzene rings is 2. The van der Waals surface area contributed by atoms with Crippen LogP contribution in [0.4, 0.5) is 5.69 Å². The standard InChI is InChI=1S/C18H17NO/c1-17(2)14-8-4-5-9-15(14)19-18(17)12-11-13-7-3-6-10-16(13)20-18/h3-12,19H,1-2H3. The molecule has 2 aromatic carbocycles. The van der Waals surface area contributed by atoms with Crippen molar-refractivity contribution in [2.24, 2.45) is 0 Å². The minimum atomic E-state index is -0.509. The Kier molecular flexibility index (Phi) is 2.12. The first kappa shape index (κ1) is 11.6. The predicted octanol–water partition coefficient (Wildman–Crippen LogP) is 4.19. The first-order chi connectivity index (χ1) is 9.62. The highest BCUT2D eigenvalue weighted by Gasteiger charge is 2.53. The zero-order valence-corrected chi connectivity index (χ0v) is 11.7. The molecule has 0 radical (unpaired) electrons. The van der Waals surface area contributed by atoms with E-state index >= 15 is 0 Å². The molecule has 2 nitrogen and oxygen atoms in total. The van der Waals surface area contributed by atoms with Crippen LogP contribution in [0.2, 0.25) is 0 Å². The molecule has 100 valence electrons. The van der Waals surface area contributed by atoms with E-state index < -0.39 is 5.72 Å². The summed E-state index contributed by atoms with van der Waals surface area (Å²) in [7, 11) is 0. The van der Waals surface area contributed by atoms with Gasteiger partial charge >= 0.3 is 0 Å². The van der Waals surface area contributed by atoms with E-state index in [9.17, 15) is 0 Å². The third kappa shape index (κ3) is 1.34. The Morgan fingerprint density at radius 3 is 2.55 bits per heavy atom. The SMILES string of the molecule is CC1(C)c2ccccc2NC12C=Cc1ccccc1O2. The number of rotatable bonds is 0. The molecular formula is C18H17NO. The van der Waals surface area contributed by atoms with Crippen molar-refractivity contribution in [3.8, 4) is 5.75 Å². The number of hydrogen-bond acceptors (Lipinski definition) is 2. The molecule has 0 bridgehead atoms. The summed E-state index contributed by atoms with van der Waals surface area (Å²) >= 11 is 0. The normalized spacial score (nSPS) is 24.7. The van der Waals surface area contributed by atoms with Gasteiger partial charge in [-0.15, -0.1) is 0 Å². The summed E-state index contributed by atoms with van der Waals surface area (Å²) in [6, 6.07) is 16.6. The zero-order chi connectivity index (χ0) is 13.8. The van der Waals surface area contributed by atoms with Gasteiger partial charge in [0.25, 0.3) is 0 Å². The Bertz CT molecular complexity index is 717. The smallest absolute Gasteiger partial charge is 0.209 e. The summed E-state index contributed by atoms with van der Waals surface area (Å²) in [6.45, 7) is 4.45. The Morgan fingerprint density at radius 2 is 1.70 bits per heavy atom. The van der Waals surface area contributed by atoms with Gasteiger partial charge in [-0.3, -0.25) is 0 Å². The van der Waals surface area contributed by atoms with Gasteiger partial charge in [0.05, 0.1) is 5.41 Å². The summed E-state index contributed by atoms with van der Waals surface area (Å²) < 4.78 is 6.38. The molecule has 2 aliphatic heterocycles. The predicted molar refractivity (Wildman–Crippen MR) is 81.9 cm³/mol. The van der Waals surface area contributed by atoms with Crippen molar-refractivity contribution < 1.29 is 4.74 Å². The molecule has 0 aromatic heterocycles. The molecule has 1 unspecified atom stereocenters. The highest BCUT2D eigenvalue weighted by Crippen LogP contribution is 2.50. The second-order valence-corrected chi connectivity index (χ2v) is 6.00. The van der Waals surface area contributed by atoms with E-state index in [4.69, 9.17) is 4.74 Å². The largest absolute Gasteiger partial charge is 0.463 e. The molecule has 1 N–H and O–H groups in total. The van der Waals surface area contributed by atoms with E-state index in [2.05, 4.69) is 61.6 Å². The molecule has 0 amide bonds. The van der Waals surface area contributed by atoms with Gasteiger partial charge in [-0.1, -0.05) is 36.4 Å². The minimum Gasteiger partial charge on any atom is -0.463 e. The maximum Gasteiger partial charge on any atom is 0.209 e. The molecule has 1 spiro atoms. The van der Waals surface area contributed by atoms with Gasteiger partial charge in [-0.25, -0.2) is 0 Å². The molecule has 0 fully saturated rings. The first-order valence-electron chi connectivity index (χ1n) is 6.97. The average molecular weight is 263 g/mol. The first-order valence-corrected chi connectivity index (χ1v) is 6.97. The van der Waals surface area contributed by atoms with Gasteiger partial charge in [-0.2, -0.15) is 0 Å². The molecule has 2 heterocycles. The Labute approximate surface area is 119 Å². The molecular weight excluding hydrogens is 246 g/mol. The maximum atomic E-state index is 6.38. The van der Waals surface area contributed by atoms with Crippen molar-refractivity contribution in [1.29, 1.82) is 0 Å². The fourth-order valence-electron chi connectivity index (χ4n) is 3.22. The molecule has 0 aliphatic carbocycles. The average Bonchev–Trinajstić information content (AvgIpc) is 2.67. The van der Waals surface area contributed by atoms with E-state index in [0.29, 0.717) is 0 Å². The minimum absolute atomic E-state index is 0.131. The topological polar surface area (TPSA) is 21.3 Å². The van der Waals surface area contributed by atoms with Gasteiger partial charge < -0.3 is 10.1 Å². The highest BCUT2D eigenvalue weighted by atomic mass is 16.5. The van der Waals surface area contributed by atoms with Gasteiger partial charge in [-0.05, 0) is 43.7 Å². The molecule has 0 saturated carbocycles. The molecule has 1 atom stereocenters. The van der Waals surface area contributed by atoms with E-state index in [1.165, 1.54) is 5.56 Å². The van der Waals surface area contributed by atoms with Crippen LogP contribution in [0.1, 0.15) is 25.0 Å². The summed E-state index contributed by atoms with van der Waals surface area (Å²) in [5.41, 5.74) is 2.94. The van der Waals surface area contributed by atoms with E-state index in [1.54, 1.807) is 0 Å². The fourth-order valence-corrected chi connectivity index (χ4v) is 3.22. The van der Waals surface area contributed by atoms with Crippen LogP contribution < -0.4 is 10.1 Å². The maximum absolute atomic E-state index is 6.38. The lowest BCUT2D eigenvalue weighted by Crippen LogP contribution is -2.53. The van der Waals surface area contributed by atoms with Crippen molar-refractivity contribution in [2.45, 2.75) is 25.0 Å². The third-order valence-corrected chi connectivity index (χ3v) is 4.54. The van der Waals surface area contributed by atoms with Crippen LogP contribution in [0.15, 0.2) is 54.6 Å². The van der Waals surface area contributed by atoms with Crippen molar-refractivity contribution >= 4 is 11.8 Å². The Morgan fingerprint density at radius 1 is 0.950 bits per heavy atom. The number of para-hydroxylation sites is 2. The Balaban J connectivity index is 1.86. The zero-order valence-electron chi connectivity index (χ0n) is 11.7. The number of hydrogen-bond donors (Lipinski definition) is 1. The van der Waals surface area contributed by atoms with E-state index in [-0.39, 0.29) is 5.41 Å². The second kappa shape index (κ2) is 3.66. The van der Waals surface area contributed by atoms with Gasteiger partial charge in [0.1, 0.15) is 5.75 Å². The number of fused-ring (bicyclic) bond motifs is 2. The van der Waals surface area contributed by atoms with Crippen LogP contribution in [-0.2, 0) is 5.41 Å². The number of ether oxygens (including phenoxy) is 1. The van der Waals surface area contributed by atoms with Crippen LogP contribution in [0.5, 0.6) is 5.75 Å². The van der Waals surface area contributed by atoms with Crippen LogP contribution in [-0.4, -0.2) is 5.72 Å². The summed E-state index contributed by atoms with van der Waals surface area (Å²) in [5, 5.41) is 3.57. The van der Waals surface area contributed by atoms with E-state index in [1.807, 2.05) is 18.2 Å². The van der Waals surface area contributed by atoms with Crippen molar-refractivity contribution in [1.82, 2.24) is 0 Å². The highest BCUT2D eigenvalue weighted by molar-refractivity contribution is 5.70. The fraction of sp³-hybridized carbons (Fsp3) is 0.222. The molecule has 4 rings (SSSR count). The van der Waals surface area contributed by atoms with Crippen LogP contribution in [0.3, 0.4) is 0 Å². The summed E-state index contributed by atoms with van der Waals surface area (Å²) in [5.74, 6) is 0.934. The van der Waals surface area contributed by atoms with Crippen LogP contribution in [0, 0.1) is 0 Å². The number of nitrogens with one attached hydrogen (secondary N) is 1. The Hall–Kier alpha value is -2.22. The molecule has 0 saturated heterocycles. The molecule has 2 heteroatoms. The lowest BCUT2D eigenvalue weighted by atomic mass is 9.76. The quantitative estimate of drug-likeness (QED) is 0.769. The lowest BCUT2D eigenvalue weighted by Gasteiger charge is -2.41. The van der Waals surface area contributed by atoms with Crippen molar-refractivity contribution in [3.63, 3.8) is 0 Å². The van der Waals surface area contributed by atoms with Gasteiger partial charge in [0, 0.05) is 11.3 Å². The van der Waals surface area contributed by atoms with Crippen LogP contribution in [0.25, 0.3) is 6.08 Å².